The summed E-state index contributed by atoms with van der Waals surface area (Å²) in [6.07, 6.45) is -0.917. The highest BCUT2D eigenvalue weighted by atomic mass is 19.1. The molecule has 0 saturated carbocycles. The third-order valence-corrected chi connectivity index (χ3v) is 3.28. The van der Waals surface area contributed by atoms with E-state index in [2.05, 4.69) is 0 Å². The predicted molar refractivity (Wildman–Crippen MR) is 79.3 cm³/mol. The molecule has 0 bridgehead atoms. The van der Waals surface area contributed by atoms with Crippen LogP contribution in [-0.2, 0) is 4.79 Å². The van der Waals surface area contributed by atoms with Gasteiger partial charge in [0, 0.05) is 10.9 Å². The van der Waals surface area contributed by atoms with Crippen molar-refractivity contribution in [3.05, 3.63) is 54.3 Å². The van der Waals surface area contributed by atoms with Crippen LogP contribution in [0.15, 0.2) is 52.9 Å². The summed E-state index contributed by atoms with van der Waals surface area (Å²) < 4.78 is 24.1. The Morgan fingerprint density at radius 1 is 1.18 bits per heavy atom. The average molecular weight is 300 g/mol. The van der Waals surface area contributed by atoms with E-state index in [1.54, 1.807) is 36.4 Å². The standard InChI is InChI=1S/C17H13FO4/c1-10(17(19)20)21-14-5-2-11(3-6-14)16-9-12-8-13(18)4-7-15(12)22-16/h2-10H,1H3,(H,19,20). The number of fused-ring (bicyclic) bond motifs is 1. The minimum atomic E-state index is -1.02. The fourth-order valence-electron chi connectivity index (χ4n) is 2.11. The maximum Gasteiger partial charge on any atom is 0.344 e. The fourth-order valence-corrected chi connectivity index (χ4v) is 2.11. The number of carboxylic acids is 1. The molecule has 2 aromatic carbocycles. The smallest absolute Gasteiger partial charge is 0.344 e. The third-order valence-electron chi connectivity index (χ3n) is 3.28. The van der Waals surface area contributed by atoms with Crippen LogP contribution in [0.3, 0.4) is 0 Å². The van der Waals surface area contributed by atoms with Crippen molar-refractivity contribution in [1.29, 1.82) is 0 Å². The summed E-state index contributed by atoms with van der Waals surface area (Å²) in [5.41, 5.74) is 1.41. The Hall–Kier alpha value is -2.82. The Kier molecular flexibility index (Phi) is 3.55. The molecular formula is C17H13FO4. The van der Waals surface area contributed by atoms with Crippen molar-refractivity contribution in [3.8, 4) is 17.1 Å². The third kappa shape index (κ3) is 2.79. The van der Waals surface area contributed by atoms with Crippen molar-refractivity contribution in [2.75, 3.05) is 0 Å². The van der Waals surface area contributed by atoms with E-state index < -0.39 is 12.1 Å². The van der Waals surface area contributed by atoms with Crippen molar-refractivity contribution < 1.29 is 23.4 Å². The molecule has 0 spiro atoms. The number of ether oxygens (including phenoxy) is 1. The summed E-state index contributed by atoms with van der Waals surface area (Å²) in [4.78, 5) is 10.7. The normalized spacial score (nSPS) is 12.3. The van der Waals surface area contributed by atoms with E-state index in [-0.39, 0.29) is 5.82 Å². The Morgan fingerprint density at radius 3 is 2.59 bits per heavy atom. The molecule has 112 valence electrons. The number of rotatable bonds is 4. The van der Waals surface area contributed by atoms with Crippen LogP contribution in [0, 0.1) is 5.82 Å². The molecular weight excluding hydrogens is 287 g/mol. The molecule has 0 aliphatic rings. The van der Waals surface area contributed by atoms with Gasteiger partial charge < -0.3 is 14.3 Å². The van der Waals surface area contributed by atoms with Gasteiger partial charge in [0.25, 0.3) is 0 Å². The lowest BCUT2D eigenvalue weighted by Crippen LogP contribution is -2.22. The van der Waals surface area contributed by atoms with Crippen molar-refractivity contribution in [2.45, 2.75) is 13.0 Å². The summed E-state index contributed by atoms with van der Waals surface area (Å²) in [5.74, 6) is -0.270. The van der Waals surface area contributed by atoms with Gasteiger partial charge in [-0.3, -0.25) is 0 Å². The summed E-state index contributed by atoms with van der Waals surface area (Å²) in [7, 11) is 0. The second kappa shape index (κ2) is 5.52. The topological polar surface area (TPSA) is 59.7 Å². The minimum Gasteiger partial charge on any atom is -0.479 e. The fraction of sp³-hybridized carbons (Fsp3) is 0.118. The van der Waals surface area contributed by atoms with E-state index in [0.717, 1.165) is 5.56 Å². The van der Waals surface area contributed by atoms with Gasteiger partial charge in [0.2, 0.25) is 0 Å². The molecule has 0 saturated heterocycles. The zero-order valence-corrected chi connectivity index (χ0v) is 11.7. The van der Waals surface area contributed by atoms with E-state index >= 15 is 0 Å². The first-order valence-corrected chi connectivity index (χ1v) is 6.72. The Balaban J connectivity index is 1.86. The van der Waals surface area contributed by atoms with Crippen LogP contribution in [-0.4, -0.2) is 17.2 Å². The van der Waals surface area contributed by atoms with Gasteiger partial charge in [0.1, 0.15) is 22.9 Å². The van der Waals surface area contributed by atoms with Crippen molar-refractivity contribution in [3.63, 3.8) is 0 Å². The van der Waals surface area contributed by atoms with Gasteiger partial charge in [-0.05, 0) is 55.5 Å². The van der Waals surface area contributed by atoms with E-state index in [0.29, 0.717) is 22.5 Å². The second-order valence-corrected chi connectivity index (χ2v) is 4.92. The molecule has 1 atom stereocenters. The number of hydrogen-bond donors (Lipinski definition) is 1. The first-order valence-electron chi connectivity index (χ1n) is 6.72. The molecule has 5 heteroatoms. The number of carbonyl (C=O) groups is 1. The van der Waals surface area contributed by atoms with Crippen LogP contribution >= 0.6 is 0 Å². The van der Waals surface area contributed by atoms with Gasteiger partial charge in [-0.25, -0.2) is 9.18 Å². The van der Waals surface area contributed by atoms with Crippen LogP contribution in [0.2, 0.25) is 0 Å². The lowest BCUT2D eigenvalue weighted by atomic mass is 10.1. The maximum atomic E-state index is 13.2. The Morgan fingerprint density at radius 2 is 1.91 bits per heavy atom. The molecule has 1 N–H and O–H groups in total. The zero-order valence-electron chi connectivity index (χ0n) is 11.7. The predicted octanol–water partition coefficient (Wildman–Crippen LogP) is 4.09. The molecule has 3 aromatic rings. The first kappa shape index (κ1) is 14.1. The van der Waals surface area contributed by atoms with E-state index in [4.69, 9.17) is 14.3 Å². The molecule has 22 heavy (non-hydrogen) atoms. The van der Waals surface area contributed by atoms with Crippen LogP contribution in [0.4, 0.5) is 4.39 Å². The van der Waals surface area contributed by atoms with Crippen LogP contribution < -0.4 is 4.74 Å². The summed E-state index contributed by atoms with van der Waals surface area (Å²) in [6, 6.07) is 13.0. The molecule has 0 aliphatic carbocycles. The van der Waals surface area contributed by atoms with E-state index in [1.807, 2.05) is 0 Å². The monoisotopic (exact) mass is 300 g/mol. The van der Waals surface area contributed by atoms with Gasteiger partial charge in [-0.1, -0.05) is 0 Å². The highest BCUT2D eigenvalue weighted by molar-refractivity contribution is 5.82. The first-order chi connectivity index (χ1) is 10.5. The van der Waals surface area contributed by atoms with Gasteiger partial charge in [0.05, 0.1) is 0 Å². The van der Waals surface area contributed by atoms with Gasteiger partial charge in [-0.2, -0.15) is 0 Å². The highest BCUT2D eigenvalue weighted by Gasteiger charge is 2.13. The average Bonchev–Trinajstić information content (AvgIpc) is 2.90. The van der Waals surface area contributed by atoms with Crippen LogP contribution in [0.5, 0.6) is 5.75 Å². The highest BCUT2D eigenvalue weighted by Crippen LogP contribution is 2.29. The van der Waals surface area contributed by atoms with Gasteiger partial charge in [-0.15, -0.1) is 0 Å². The number of hydrogen-bond acceptors (Lipinski definition) is 3. The number of aliphatic carboxylic acids is 1. The number of benzene rings is 2. The molecule has 0 fully saturated rings. The Labute approximate surface area is 125 Å². The van der Waals surface area contributed by atoms with E-state index in [9.17, 15) is 9.18 Å². The summed E-state index contributed by atoms with van der Waals surface area (Å²) in [5, 5.41) is 9.50. The number of furan rings is 1. The molecule has 3 rings (SSSR count). The van der Waals surface area contributed by atoms with Crippen LogP contribution in [0.1, 0.15) is 6.92 Å². The molecule has 0 radical (unpaired) electrons. The molecule has 1 heterocycles. The molecule has 0 aliphatic heterocycles. The van der Waals surface area contributed by atoms with E-state index in [1.165, 1.54) is 19.1 Å². The quantitative estimate of drug-likeness (QED) is 0.788. The van der Waals surface area contributed by atoms with Gasteiger partial charge in [0.15, 0.2) is 6.10 Å². The van der Waals surface area contributed by atoms with Crippen molar-refractivity contribution >= 4 is 16.9 Å². The zero-order chi connectivity index (χ0) is 15.7. The lowest BCUT2D eigenvalue weighted by molar-refractivity contribution is -0.144. The molecule has 1 unspecified atom stereocenters. The number of halogens is 1. The summed E-state index contributed by atoms with van der Waals surface area (Å²) >= 11 is 0. The van der Waals surface area contributed by atoms with Crippen molar-refractivity contribution in [2.24, 2.45) is 0 Å². The van der Waals surface area contributed by atoms with Gasteiger partial charge >= 0.3 is 5.97 Å². The molecule has 1 aromatic heterocycles. The maximum absolute atomic E-state index is 13.2. The SMILES string of the molecule is CC(Oc1ccc(-c2cc3cc(F)ccc3o2)cc1)C(=O)O. The molecule has 4 nitrogen and oxygen atoms in total. The largest absolute Gasteiger partial charge is 0.479 e. The minimum absolute atomic E-state index is 0.314. The molecule has 0 amide bonds. The van der Waals surface area contributed by atoms with Crippen LogP contribution in [0.25, 0.3) is 22.3 Å². The van der Waals surface area contributed by atoms with Crippen molar-refractivity contribution in [1.82, 2.24) is 0 Å². The summed E-state index contributed by atoms with van der Waals surface area (Å²) in [6.45, 7) is 1.46. The number of carboxylic acid groups (broad SMARTS) is 1. The second-order valence-electron chi connectivity index (χ2n) is 4.92. The Bertz CT molecular complexity index is 820. The lowest BCUT2D eigenvalue weighted by Gasteiger charge is -2.10.